The Bertz CT molecular complexity index is 504. The average Bonchev–Trinajstić information content (AvgIpc) is 2.69. The highest BCUT2D eigenvalue weighted by Gasteiger charge is 2.07. The number of methoxy groups -OCH3 is 1. The highest BCUT2D eigenvalue weighted by Crippen LogP contribution is 2.22. The van der Waals surface area contributed by atoms with Crippen LogP contribution in [0.5, 0.6) is 0 Å². The quantitative estimate of drug-likeness (QED) is 0.626. The van der Waals surface area contributed by atoms with Crippen molar-refractivity contribution in [2.45, 2.75) is 5.03 Å². The van der Waals surface area contributed by atoms with E-state index < -0.39 is 0 Å². The lowest BCUT2D eigenvalue weighted by Crippen LogP contribution is -2.00. The van der Waals surface area contributed by atoms with Gasteiger partial charge in [-0.15, -0.1) is 11.8 Å². The highest BCUT2D eigenvalue weighted by atomic mass is 32.2. The lowest BCUT2D eigenvalue weighted by molar-refractivity contribution is 0.0601. The summed E-state index contributed by atoms with van der Waals surface area (Å²) in [6.45, 7) is 0. The van der Waals surface area contributed by atoms with E-state index in [1.54, 1.807) is 17.8 Å². The molecule has 0 spiro atoms. The predicted molar refractivity (Wildman–Crippen MR) is 61.4 cm³/mol. The van der Waals surface area contributed by atoms with E-state index in [0.29, 0.717) is 5.56 Å². The van der Waals surface area contributed by atoms with E-state index in [4.69, 9.17) is 0 Å². The van der Waals surface area contributed by atoms with Crippen LogP contribution in [0.4, 0.5) is 0 Å². The molecule has 1 heterocycles. The van der Waals surface area contributed by atoms with E-state index in [-0.39, 0.29) is 5.97 Å². The van der Waals surface area contributed by atoms with Crippen molar-refractivity contribution in [3.63, 3.8) is 0 Å². The second-order valence-corrected chi connectivity index (χ2v) is 3.98. The van der Waals surface area contributed by atoms with Crippen LogP contribution in [0.1, 0.15) is 10.4 Å². The van der Waals surface area contributed by atoms with Crippen LogP contribution in [0.3, 0.4) is 0 Å². The number of carbonyl (C=O) groups excluding carboxylic acids is 1. The first kappa shape index (κ1) is 10.1. The number of carbonyl (C=O) groups is 1. The van der Waals surface area contributed by atoms with E-state index in [1.807, 2.05) is 24.5 Å². The average molecular weight is 221 g/mol. The molecule has 0 aliphatic carbocycles. The number of aromatic nitrogens is 1. The Balaban J connectivity index is 2.50. The molecule has 1 aromatic heterocycles. The zero-order valence-corrected chi connectivity index (χ0v) is 9.35. The molecule has 4 heteroatoms. The fraction of sp³-hybridized carbons (Fsp3) is 0.182. The van der Waals surface area contributed by atoms with Crippen molar-refractivity contribution in [2.75, 3.05) is 13.4 Å². The number of benzene rings is 1. The minimum absolute atomic E-state index is 0.302. The van der Waals surface area contributed by atoms with Crippen LogP contribution in [-0.4, -0.2) is 24.3 Å². The molecule has 2 rings (SSSR count). The standard InChI is InChI=1S/C11H11NO2S/c1-14-11(13)7-3-4-9-8(5-7)6-10(12-9)15-2/h3-6,12H,1-2H3. The van der Waals surface area contributed by atoms with Gasteiger partial charge in [-0.25, -0.2) is 4.79 Å². The Labute approximate surface area is 91.8 Å². The van der Waals surface area contributed by atoms with Gasteiger partial charge >= 0.3 is 5.97 Å². The van der Waals surface area contributed by atoms with Gasteiger partial charge < -0.3 is 9.72 Å². The molecule has 3 nitrogen and oxygen atoms in total. The highest BCUT2D eigenvalue weighted by molar-refractivity contribution is 7.98. The summed E-state index contributed by atoms with van der Waals surface area (Å²) in [5, 5.41) is 2.12. The van der Waals surface area contributed by atoms with Gasteiger partial charge in [-0.2, -0.15) is 0 Å². The molecule has 0 unspecified atom stereocenters. The minimum atomic E-state index is -0.302. The number of esters is 1. The molecule has 2 aromatic rings. The number of nitrogens with one attached hydrogen (secondary N) is 1. The lowest BCUT2D eigenvalue weighted by atomic mass is 10.1. The number of hydrogen-bond acceptors (Lipinski definition) is 3. The van der Waals surface area contributed by atoms with Gasteiger partial charge in [-0.3, -0.25) is 0 Å². The molecule has 0 bridgehead atoms. The van der Waals surface area contributed by atoms with Gasteiger partial charge in [-0.05, 0) is 30.5 Å². The lowest BCUT2D eigenvalue weighted by Gasteiger charge is -1.98. The first-order valence-corrected chi connectivity index (χ1v) is 5.72. The summed E-state index contributed by atoms with van der Waals surface area (Å²) in [5.41, 5.74) is 1.61. The molecule has 0 saturated heterocycles. The maximum atomic E-state index is 11.3. The van der Waals surface area contributed by atoms with Crippen molar-refractivity contribution in [3.05, 3.63) is 29.8 Å². The summed E-state index contributed by atoms with van der Waals surface area (Å²) >= 11 is 1.64. The van der Waals surface area contributed by atoms with Gasteiger partial charge in [0, 0.05) is 10.9 Å². The van der Waals surface area contributed by atoms with Gasteiger partial charge in [0.25, 0.3) is 0 Å². The van der Waals surface area contributed by atoms with Crippen LogP contribution >= 0.6 is 11.8 Å². The number of ether oxygens (including phenoxy) is 1. The Morgan fingerprint density at radius 3 is 2.87 bits per heavy atom. The molecular formula is C11H11NO2S. The van der Waals surface area contributed by atoms with E-state index in [1.165, 1.54) is 7.11 Å². The zero-order chi connectivity index (χ0) is 10.8. The molecule has 0 saturated carbocycles. The van der Waals surface area contributed by atoms with Gasteiger partial charge in [0.15, 0.2) is 0 Å². The minimum Gasteiger partial charge on any atom is -0.465 e. The maximum Gasteiger partial charge on any atom is 0.337 e. The van der Waals surface area contributed by atoms with E-state index >= 15 is 0 Å². The van der Waals surface area contributed by atoms with Crippen molar-refractivity contribution in [1.82, 2.24) is 4.98 Å². The van der Waals surface area contributed by atoms with Gasteiger partial charge in [0.1, 0.15) is 0 Å². The van der Waals surface area contributed by atoms with E-state index in [9.17, 15) is 4.79 Å². The van der Waals surface area contributed by atoms with Crippen molar-refractivity contribution < 1.29 is 9.53 Å². The molecule has 0 aliphatic heterocycles. The Hall–Kier alpha value is -1.42. The largest absolute Gasteiger partial charge is 0.465 e. The first-order chi connectivity index (χ1) is 7.24. The second kappa shape index (κ2) is 3.98. The molecule has 15 heavy (non-hydrogen) atoms. The van der Waals surface area contributed by atoms with Crippen LogP contribution in [0, 0.1) is 0 Å². The predicted octanol–water partition coefficient (Wildman–Crippen LogP) is 2.68. The molecule has 1 N–H and O–H groups in total. The smallest absolute Gasteiger partial charge is 0.337 e. The van der Waals surface area contributed by atoms with E-state index in [0.717, 1.165) is 15.9 Å². The number of thioether (sulfide) groups is 1. The third kappa shape index (κ3) is 1.85. The molecule has 0 amide bonds. The molecule has 0 fully saturated rings. The van der Waals surface area contributed by atoms with Crippen LogP contribution in [0.15, 0.2) is 29.3 Å². The topological polar surface area (TPSA) is 42.1 Å². The molecule has 1 aromatic carbocycles. The fourth-order valence-corrected chi connectivity index (χ4v) is 1.92. The van der Waals surface area contributed by atoms with E-state index in [2.05, 4.69) is 9.72 Å². The monoisotopic (exact) mass is 221 g/mol. The van der Waals surface area contributed by atoms with Crippen LogP contribution in [0.25, 0.3) is 10.9 Å². The fourth-order valence-electron chi connectivity index (χ4n) is 1.46. The maximum absolute atomic E-state index is 11.3. The molecule has 78 valence electrons. The van der Waals surface area contributed by atoms with Gasteiger partial charge in [-0.1, -0.05) is 0 Å². The number of aromatic amines is 1. The molecule has 0 aliphatic rings. The van der Waals surface area contributed by atoms with Crippen LogP contribution in [-0.2, 0) is 4.74 Å². The Morgan fingerprint density at radius 1 is 1.40 bits per heavy atom. The number of hydrogen-bond donors (Lipinski definition) is 1. The number of H-pyrrole nitrogens is 1. The molecule has 0 radical (unpaired) electrons. The Morgan fingerprint density at radius 2 is 2.20 bits per heavy atom. The number of fused-ring (bicyclic) bond motifs is 1. The van der Waals surface area contributed by atoms with Gasteiger partial charge in [0.2, 0.25) is 0 Å². The summed E-state index contributed by atoms with van der Waals surface area (Å²) in [6, 6.07) is 7.50. The van der Waals surface area contributed by atoms with Crippen molar-refractivity contribution >= 4 is 28.6 Å². The summed E-state index contributed by atoms with van der Waals surface area (Å²) in [4.78, 5) is 14.5. The Kier molecular flexibility index (Phi) is 2.68. The summed E-state index contributed by atoms with van der Waals surface area (Å²) in [5.74, 6) is -0.302. The third-order valence-electron chi connectivity index (χ3n) is 2.24. The third-order valence-corrected chi connectivity index (χ3v) is 2.90. The zero-order valence-electron chi connectivity index (χ0n) is 8.53. The van der Waals surface area contributed by atoms with Crippen LogP contribution in [0.2, 0.25) is 0 Å². The number of rotatable bonds is 2. The summed E-state index contributed by atoms with van der Waals surface area (Å²) < 4.78 is 4.66. The van der Waals surface area contributed by atoms with Crippen molar-refractivity contribution in [2.24, 2.45) is 0 Å². The molecular weight excluding hydrogens is 210 g/mol. The SMILES string of the molecule is COC(=O)c1ccc2[nH]c(SC)cc2c1. The second-order valence-electron chi connectivity index (χ2n) is 3.13. The normalized spacial score (nSPS) is 10.5. The van der Waals surface area contributed by atoms with Crippen molar-refractivity contribution in [3.8, 4) is 0 Å². The summed E-state index contributed by atoms with van der Waals surface area (Å²) in [6.07, 6.45) is 2.01. The summed E-state index contributed by atoms with van der Waals surface area (Å²) in [7, 11) is 1.39. The van der Waals surface area contributed by atoms with Crippen molar-refractivity contribution in [1.29, 1.82) is 0 Å². The van der Waals surface area contributed by atoms with Crippen LogP contribution < -0.4 is 0 Å². The van der Waals surface area contributed by atoms with Gasteiger partial charge in [0.05, 0.1) is 17.7 Å². The first-order valence-electron chi connectivity index (χ1n) is 4.49. The molecule has 0 atom stereocenters.